The minimum atomic E-state index is -0.717. The summed E-state index contributed by atoms with van der Waals surface area (Å²) in [4.78, 5) is 38.1. The van der Waals surface area contributed by atoms with Crippen LogP contribution in [-0.2, 0) is 12.3 Å². The molecule has 2 aromatic rings. The highest BCUT2D eigenvalue weighted by atomic mass is 32.2. The first kappa shape index (κ1) is 17.1. The molecule has 0 saturated carbocycles. The highest BCUT2D eigenvalue weighted by molar-refractivity contribution is 7.99. The van der Waals surface area contributed by atoms with Gasteiger partial charge in [0.05, 0.1) is 5.75 Å². The number of carbonyl (C=O) groups excluding carboxylic acids is 1. The van der Waals surface area contributed by atoms with Crippen molar-refractivity contribution in [2.45, 2.75) is 25.6 Å². The van der Waals surface area contributed by atoms with Crippen molar-refractivity contribution in [1.29, 1.82) is 0 Å². The molecule has 0 spiro atoms. The predicted octanol–water partition coefficient (Wildman–Crippen LogP) is 1.64. The quantitative estimate of drug-likeness (QED) is 0.751. The number of rotatable bonds is 7. The molecule has 3 N–H and O–H groups in total. The number of Topliss-reactive ketones (excluding diaryl/α,β-unsaturated/α-hetero) is 1. The highest BCUT2D eigenvalue weighted by Crippen LogP contribution is 2.15. The molecule has 1 heterocycles. The minimum Gasteiger partial charge on any atom is -0.384 e. The molecule has 0 amide bonds. The van der Waals surface area contributed by atoms with Gasteiger partial charge in [-0.05, 0) is 12.0 Å². The summed E-state index contributed by atoms with van der Waals surface area (Å²) in [5, 5.41) is 0. The average Bonchev–Trinajstić information content (AvgIpc) is 2.52. The van der Waals surface area contributed by atoms with Crippen molar-refractivity contribution in [3.05, 3.63) is 62.3 Å². The van der Waals surface area contributed by atoms with Crippen molar-refractivity contribution in [1.82, 2.24) is 9.55 Å². The minimum absolute atomic E-state index is 0.0501. The van der Waals surface area contributed by atoms with Crippen LogP contribution in [-0.4, -0.2) is 21.1 Å². The molecule has 0 aliphatic heterocycles. The molecule has 0 unspecified atom stereocenters. The van der Waals surface area contributed by atoms with Crippen molar-refractivity contribution >= 4 is 23.4 Å². The molecule has 6 nitrogen and oxygen atoms in total. The third kappa shape index (κ3) is 4.13. The maximum atomic E-state index is 12.3. The molecule has 0 radical (unpaired) electrons. The summed E-state index contributed by atoms with van der Waals surface area (Å²) >= 11 is 1.40. The van der Waals surface area contributed by atoms with E-state index >= 15 is 0 Å². The Balaban J connectivity index is 2.14. The van der Waals surface area contributed by atoms with E-state index in [4.69, 9.17) is 5.73 Å². The number of ketones is 1. The van der Waals surface area contributed by atoms with Gasteiger partial charge in [-0.15, -0.1) is 11.8 Å². The van der Waals surface area contributed by atoms with Gasteiger partial charge in [-0.1, -0.05) is 37.3 Å². The number of nitrogens with zero attached hydrogens (tertiary/aromatic N) is 1. The van der Waals surface area contributed by atoms with Gasteiger partial charge in [0, 0.05) is 12.3 Å². The lowest BCUT2D eigenvalue weighted by Crippen LogP contribution is -2.36. The van der Waals surface area contributed by atoms with Gasteiger partial charge in [-0.25, -0.2) is 4.79 Å². The number of aromatic amines is 1. The third-order valence-electron chi connectivity index (χ3n) is 3.31. The second-order valence-electron chi connectivity index (χ2n) is 5.07. The van der Waals surface area contributed by atoms with Crippen LogP contribution in [0.3, 0.4) is 0 Å². The second-order valence-corrected chi connectivity index (χ2v) is 6.06. The topological polar surface area (TPSA) is 97.9 Å². The van der Waals surface area contributed by atoms with Crippen LogP contribution in [0.25, 0.3) is 0 Å². The number of hydrogen-bond acceptors (Lipinski definition) is 5. The van der Waals surface area contributed by atoms with E-state index in [1.54, 1.807) is 0 Å². The van der Waals surface area contributed by atoms with Gasteiger partial charge in [-0.2, -0.15) is 0 Å². The summed E-state index contributed by atoms with van der Waals surface area (Å²) in [5.74, 6) is 0.381. The number of carbonyl (C=O) groups is 1. The fourth-order valence-electron chi connectivity index (χ4n) is 2.21. The van der Waals surface area contributed by atoms with Crippen molar-refractivity contribution in [2.75, 3.05) is 11.5 Å². The normalized spacial score (nSPS) is 10.7. The summed E-state index contributed by atoms with van der Waals surface area (Å²) in [7, 11) is 0. The molecule has 0 atom stereocenters. The third-order valence-corrected chi connectivity index (χ3v) is 4.31. The first-order valence-electron chi connectivity index (χ1n) is 7.32. The first-order chi connectivity index (χ1) is 11.0. The van der Waals surface area contributed by atoms with Gasteiger partial charge in [0.15, 0.2) is 5.78 Å². The zero-order valence-electron chi connectivity index (χ0n) is 12.9. The lowest BCUT2D eigenvalue weighted by Gasteiger charge is -2.11. The maximum Gasteiger partial charge on any atom is 0.329 e. The molecule has 2 rings (SSSR count). The number of H-pyrrole nitrogens is 1. The number of hydrogen-bond donors (Lipinski definition) is 2. The largest absolute Gasteiger partial charge is 0.384 e. The van der Waals surface area contributed by atoms with E-state index in [0.717, 1.165) is 5.56 Å². The van der Waals surface area contributed by atoms with Crippen LogP contribution in [0.5, 0.6) is 0 Å². The first-order valence-corrected chi connectivity index (χ1v) is 8.47. The van der Waals surface area contributed by atoms with Crippen molar-refractivity contribution in [3.8, 4) is 0 Å². The Morgan fingerprint density at radius 1 is 1.26 bits per heavy atom. The van der Waals surface area contributed by atoms with E-state index in [1.807, 2.05) is 37.3 Å². The summed E-state index contributed by atoms with van der Waals surface area (Å²) in [6, 6.07) is 9.73. The summed E-state index contributed by atoms with van der Waals surface area (Å²) < 4.78 is 1.23. The van der Waals surface area contributed by atoms with Crippen LogP contribution in [0, 0.1) is 0 Å². The molecule has 7 heteroatoms. The standard InChI is InChI=1S/C16H19N3O3S/c1-2-8-19-14(17)13(15(21)18-16(19)22)12(20)10-23-9-11-6-4-3-5-7-11/h3-7H,2,8-10,17H2,1H3,(H,18,21,22). The number of nitrogens with one attached hydrogen (secondary N) is 1. The summed E-state index contributed by atoms with van der Waals surface area (Å²) in [6.07, 6.45) is 0.673. The Bertz CT molecular complexity index is 796. The smallest absolute Gasteiger partial charge is 0.329 e. The average molecular weight is 333 g/mol. The molecular weight excluding hydrogens is 314 g/mol. The molecule has 0 saturated heterocycles. The van der Waals surface area contributed by atoms with E-state index in [2.05, 4.69) is 4.98 Å². The van der Waals surface area contributed by atoms with Crippen LogP contribution in [0.2, 0.25) is 0 Å². The second kappa shape index (κ2) is 7.82. The van der Waals surface area contributed by atoms with E-state index in [9.17, 15) is 14.4 Å². The summed E-state index contributed by atoms with van der Waals surface area (Å²) in [6.45, 7) is 2.24. The molecular formula is C16H19N3O3S. The zero-order chi connectivity index (χ0) is 16.8. The van der Waals surface area contributed by atoms with Gasteiger partial charge < -0.3 is 5.73 Å². The fraction of sp³-hybridized carbons (Fsp3) is 0.312. The number of anilines is 1. The van der Waals surface area contributed by atoms with Gasteiger partial charge in [0.2, 0.25) is 0 Å². The Morgan fingerprint density at radius 3 is 2.61 bits per heavy atom. The van der Waals surface area contributed by atoms with E-state index in [1.165, 1.54) is 16.3 Å². The number of benzene rings is 1. The number of nitrogen functional groups attached to an aromatic ring is 1. The maximum absolute atomic E-state index is 12.3. The Labute approximate surface area is 137 Å². The molecule has 23 heavy (non-hydrogen) atoms. The predicted molar refractivity (Wildman–Crippen MR) is 93.0 cm³/mol. The summed E-state index contributed by atoms with van der Waals surface area (Å²) in [5.41, 5.74) is 5.54. The SMILES string of the molecule is CCCn1c(N)c(C(=O)CSCc2ccccc2)c(=O)[nH]c1=O. The van der Waals surface area contributed by atoms with Crippen LogP contribution >= 0.6 is 11.8 Å². The zero-order valence-corrected chi connectivity index (χ0v) is 13.7. The molecule has 0 aliphatic carbocycles. The van der Waals surface area contributed by atoms with Gasteiger partial charge in [-0.3, -0.25) is 19.1 Å². The van der Waals surface area contributed by atoms with Crippen LogP contribution in [0.4, 0.5) is 5.82 Å². The van der Waals surface area contributed by atoms with Crippen molar-refractivity contribution in [3.63, 3.8) is 0 Å². The van der Waals surface area contributed by atoms with E-state index in [0.29, 0.717) is 18.7 Å². The van der Waals surface area contributed by atoms with Crippen LogP contribution in [0.1, 0.15) is 29.3 Å². The van der Waals surface area contributed by atoms with E-state index in [-0.39, 0.29) is 22.9 Å². The van der Waals surface area contributed by atoms with Crippen molar-refractivity contribution < 1.29 is 4.79 Å². The number of nitrogens with two attached hydrogens (primary N) is 1. The lowest BCUT2D eigenvalue weighted by molar-refractivity contribution is 0.102. The fourth-order valence-corrected chi connectivity index (χ4v) is 3.07. The molecule has 0 bridgehead atoms. The Morgan fingerprint density at radius 2 is 1.96 bits per heavy atom. The van der Waals surface area contributed by atoms with Crippen LogP contribution in [0.15, 0.2) is 39.9 Å². The number of aromatic nitrogens is 2. The molecule has 0 aliphatic rings. The Hall–Kier alpha value is -2.28. The van der Waals surface area contributed by atoms with Gasteiger partial charge in [0.25, 0.3) is 5.56 Å². The monoisotopic (exact) mass is 333 g/mol. The molecule has 122 valence electrons. The molecule has 0 fully saturated rings. The lowest BCUT2D eigenvalue weighted by atomic mass is 10.2. The van der Waals surface area contributed by atoms with Gasteiger partial charge in [0.1, 0.15) is 11.4 Å². The molecule has 1 aromatic carbocycles. The number of thioether (sulfide) groups is 1. The molecule has 1 aromatic heterocycles. The Kier molecular flexibility index (Phi) is 5.81. The van der Waals surface area contributed by atoms with E-state index < -0.39 is 11.2 Å². The highest BCUT2D eigenvalue weighted by Gasteiger charge is 2.18. The van der Waals surface area contributed by atoms with Gasteiger partial charge >= 0.3 is 5.69 Å². The van der Waals surface area contributed by atoms with Crippen molar-refractivity contribution in [2.24, 2.45) is 0 Å². The van der Waals surface area contributed by atoms with Crippen LogP contribution < -0.4 is 17.0 Å².